The summed E-state index contributed by atoms with van der Waals surface area (Å²) in [6.45, 7) is 4.51. The van der Waals surface area contributed by atoms with Gasteiger partial charge in [-0.05, 0) is 43.9 Å². The van der Waals surface area contributed by atoms with Gasteiger partial charge < -0.3 is 9.64 Å². The van der Waals surface area contributed by atoms with Crippen molar-refractivity contribution >= 4 is 16.8 Å². The smallest absolute Gasteiger partial charge is 0.254 e. The summed E-state index contributed by atoms with van der Waals surface area (Å²) in [4.78, 5) is 19.3. The predicted octanol–water partition coefficient (Wildman–Crippen LogP) is 3.66. The van der Waals surface area contributed by atoms with Gasteiger partial charge in [-0.3, -0.25) is 9.78 Å². The minimum Gasteiger partial charge on any atom is -0.378 e. The molecule has 1 aromatic carbocycles. The highest BCUT2D eigenvalue weighted by atomic mass is 16.5. The first kappa shape index (κ1) is 15.9. The maximum atomic E-state index is 12.9. The number of hydrogen-bond donors (Lipinski definition) is 0. The van der Waals surface area contributed by atoms with Crippen LogP contribution in [0.2, 0.25) is 0 Å². The third kappa shape index (κ3) is 3.70. The monoisotopic (exact) mass is 312 g/mol. The first-order valence-electron chi connectivity index (χ1n) is 8.54. The van der Waals surface area contributed by atoms with E-state index in [2.05, 4.69) is 11.9 Å². The molecule has 3 rings (SSSR count). The van der Waals surface area contributed by atoms with Crippen LogP contribution in [-0.2, 0) is 4.74 Å². The van der Waals surface area contributed by atoms with Gasteiger partial charge in [-0.1, -0.05) is 19.1 Å². The SMILES string of the molecule is CCCO[C@@H]1CCCN(C(=O)c2cccc3ncccc23)CC1. The fourth-order valence-electron chi connectivity index (χ4n) is 3.18. The lowest BCUT2D eigenvalue weighted by Crippen LogP contribution is -2.32. The molecule has 0 aliphatic carbocycles. The van der Waals surface area contributed by atoms with E-state index >= 15 is 0 Å². The van der Waals surface area contributed by atoms with Gasteiger partial charge >= 0.3 is 0 Å². The molecule has 0 saturated carbocycles. The van der Waals surface area contributed by atoms with Crippen molar-refractivity contribution in [1.82, 2.24) is 9.88 Å². The molecule has 1 aliphatic heterocycles. The van der Waals surface area contributed by atoms with Gasteiger partial charge in [0.15, 0.2) is 0 Å². The van der Waals surface area contributed by atoms with Crippen molar-refractivity contribution in [2.45, 2.75) is 38.7 Å². The molecule has 1 aromatic heterocycles. The van der Waals surface area contributed by atoms with Crippen molar-refractivity contribution in [1.29, 1.82) is 0 Å². The highest BCUT2D eigenvalue weighted by Gasteiger charge is 2.23. The number of likely N-dealkylation sites (tertiary alicyclic amines) is 1. The molecule has 0 N–H and O–H groups in total. The van der Waals surface area contributed by atoms with Crippen LogP contribution in [0.25, 0.3) is 10.9 Å². The number of rotatable bonds is 4. The molecule has 2 aromatic rings. The van der Waals surface area contributed by atoms with Crippen molar-refractivity contribution < 1.29 is 9.53 Å². The Hall–Kier alpha value is -1.94. The molecule has 1 fully saturated rings. The van der Waals surface area contributed by atoms with E-state index in [0.717, 1.165) is 61.8 Å². The van der Waals surface area contributed by atoms with Crippen LogP contribution < -0.4 is 0 Å². The number of amides is 1. The van der Waals surface area contributed by atoms with E-state index in [1.807, 2.05) is 35.2 Å². The van der Waals surface area contributed by atoms with E-state index in [9.17, 15) is 4.79 Å². The highest BCUT2D eigenvalue weighted by Crippen LogP contribution is 2.21. The summed E-state index contributed by atoms with van der Waals surface area (Å²) in [6.07, 6.45) is 6.07. The second-order valence-electron chi connectivity index (χ2n) is 6.09. The molecule has 1 saturated heterocycles. The minimum atomic E-state index is 0.111. The summed E-state index contributed by atoms with van der Waals surface area (Å²) in [6, 6.07) is 9.62. The first-order chi connectivity index (χ1) is 11.3. The minimum absolute atomic E-state index is 0.111. The molecule has 0 unspecified atom stereocenters. The van der Waals surface area contributed by atoms with Gasteiger partial charge in [-0.25, -0.2) is 0 Å². The molecular formula is C19H24N2O2. The zero-order valence-electron chi connectivity index (χ0n) is 13.7. The van der Waals surface area contributed by atoms with Crippen LogP contribution in [0.1, 0.15) is 43.0 Å². The lowest BCUT2D eigenvalue weighted by molar-refractivity contribution is 0.0432. The number of pyridine rings is 1. The standard InChI is InChI=1S/C19H24N2O2/c1-2-14-23-15-6-5-12-21(13-10-15)19(22)17-7-3-9-18-16(17)8-4-11-20-18/h3-4,7-9,11,15H,2,5-6,10,12-14H2,1H3/t15-/m1/s1. The molecule has 4 heteroatoms. The van der Waals surface area contributed by atoms with E-state index in [-0.39, 0.29) is 5.91 Å². The molecule has 0 radical (unpaired) electrons. The molecule has 1 aliphatic rings. The molecule has 23 heavy (non-hydrogen) atoms. The van der Waals surface area contributed by atoms with Gasteiger partial charge in [0, 0.05) is 36.8 Å². The average molecular weight is 312 g/mol. The third-order valence-corrected chi connectivity index (χ3v) is 4.40. The van der Waals surface area contributed by atoms with Gasteiger partial charge in [-0.15, -0.1) is 0 Å². The number of hydrogen-bond acceptors (Lipinski definition) is 3. The molecule has 0 bridgehead atoms. The molecule has 1 atom stereocenters. The quantitative estimate of drug-likeness (QED) is 0.865. The van der Waals surface area contributed by atoms with Crippen molar-refractivity contribution in [3.05, 3.63) is 42.1 Å². The van der Waals surface area contributed by atoms with Crippen LogP contribution in [0.4, 0.5) is 0 Å². The van der Waals surface area contributed by atoms with Crippen LogP contribution in [-0.4, -0.2) is 41.6 Å². The largest absolute Gasteiger partial charge is 0.378 e. The third-order valence-electron chi connectivity index (χ3n) is 4.40. The van der Waals surface area contributed by atoms with Crippen LogP contribution in [0.3, 0.4) is 0 Å². The molecule has 4 nitrogen and oxygen atoms in total. The molecule has 0 spiro atoms. The van der Waals surface area contributed by atoms with E-state index in [0.29, 0.717) is 6.10 Å². The lowest BCUT2D eigenvalue weighted by Gasteiger charge is -2.21. The number of carbonyl (C=O) groups is 1. The summed E-state index contributed by atoms with van der Waals surface area (Å²) in [7, 11) is 0. The van der Waals surface area contributed by atoms with Crippen molar-refractivity contribution in [3.63, 3.8) is 0 Å². The van der Waals surface area contributed by atoms with Gasteiger partial charge in [0.1, 0.15) is 0 Å². The highest BCUT2D eigenvalue weighted by molar-refractivity contribution is 6.06. The van der Waals surface area contributed by atoms with Crippen molar-refractivity contribution in [2.75, 3.05) is 19.7 Å². The number of fused-ring (bicyclic) bond motifs is 1. The van der Waals surface area contributed by atoms with Gasteiger partial charge in [0.05, 0.1) is 11.6 Å². The summed E-state index contributed by atoms with van der Waals surface area (Å²) in [5.74, 6) is 0.111. The Morgan fingerprint density at radius 1 is 1.26 bits per heavy atom. The van der Waals surface area contributed by atoms with E-state index in [1.165, 1.54) is 0 Å². The molecular weight excluding hydrogens is 288 g/mol. The fraction of sp³-hybridized carbons (Fsp3) is 0.474. The maximum absolute atomic E-state index is 12.9. The topological polar surface area (TPSA) is 42.4 Å². The van der Waals surface area contributed by atoms with Gasteiger partial charge in [0.2, 0.25) is 0 Å². The second kappa shape index (κ2) is 7.55. The van der Waals surface area contributed by atoms with E-state index in [4.69, 9.17) is 4.74 Å². The number of benzene rings is 1. The number of ether oxygens (including phenoxy) is 1. The Labute approximate surface area is 137 Å². The molecule has 1 amide bonds. The second-order valence-corrected chi connectivity index (χ2v) is 6.09. The zero-order chi connectivity index (χ0) is 16.1. The molecule has 122 valence electrons. The van der Waals surface area contributed by atoms with Gasteiger partial charge in [0.25, 0.3) is 5.91 Å². The van der Waals surface area contributed by atoms with Crippen LogP contribution in [0.5, 0.6) is 0 Å². The van der Waals surface area contributed by atoms with Crippen molar-refractivity contribution in [3.8, 4) is 0 Å². The van der Waals surface area contributed by atoms with Crippen molar-refractivity contribution in [2.24, 2.45) is 0 Å². The fourth-order valence-corrected chi connectivity index (χ4v) is 3.18. The average Bonchev–Trinajstić information content (AvgIpc) is 2.84. The summed E-state index contributed by atoms with van der Waals surface area (Å²) >= 11 is 0. The Kier molecular flexibility index (Phi) is 5.23. The number of nitrogens with zero attached hydrogens (tertiary/aromatic N) is 2. The zero-order valence-corrected chi connectivity index (χ0v) is 13.7. The Morgan fingerprint density at radius 2 is 2.17 bits per heavy atom. The Morgan fingerprint density at radius 3 is 3.04 bits per heavy atom. The summed E-state index contributed by atoms with van der Waals surface area (Å²) in [5.41, 5.74) is 1.63. The Bertz CT molecular complexity index is 666. The Balaban J connectivity index is 1.75. The normalized spacial score (nSPS) is 18.8. The van der Waals surface area contributed by atoms with E-state index < -0.39 is 0 Å². The summed E-state index contributed by atoms with van der Waals surface area (Å²) < 4.78 is 5.87. The van der Waals surface area contributed by atoms with E-state index in [1.54, 1.807) is 6.20 Å². The first-order valence-corrected chi connectivity index (χ1v) is 8.54. The van der Waals surface area contributed by atoms with Crippen LogP contribution in [0.15, 0.2) is 36.5 Å². The number of carbonyl (C=O) groups excluding carboxylic acids is 1. The number of aromatic nitrogens is 1. The summed E-state index contributed by atoms with van der Waals surface area (Å²) in [5, 5.41) is 0.933. The maximum Gasteiger partial charge on any atom is 0.254 e. The predicted molar refractivity (Wildman–Crippen MR) is 91.5 cm³/mol. The van der Waals surface area contributed by atoms with Crippen LogP contribution in [0, 0.1) is 0 Å². The van der Waals surface area contributed by atoms with Gasteiger partial charge in [-0.2, -0.15) is 0 Å². The molecule has 2 heterocycles. The lowest BCUT2D eigenvalue weighted by atomic mass is 10.1. The van der Waals surface area contributed by atoms with Crippen LogP contribution >= 0.6 is 0 Å².